The fourth-order valence-electron chi connectivity index (χ4n) is 7.55. The van der Waals surface area contributed by atoms with Crippen LogP contribution in [-0.4, -0.2) is 0 Å². The van der Waals surface area contributed by atoms with Crippen molar-refractivity contribution in [1.29, 1.82) is 0 Å². The van der Waals surface area contributed by atoms with Crippen LogP contribution in [-0.2, 0) is 0 Å². The number of furan rings is 1. The van der Waals surface area contributed by atoms with Gasteiger partial charge in [0.05, 0.1) is 0 Å². The van der Waals surface area contributed by atoms with Gasteiger partial charge in [0.2, 0.25) is 0 Å². The molecule has 234 valence electrons. The second-order valence-corrected chi connectivity index (χ2v) is 13.0. The zero-order chi connectivity index (χ0) is 33.0. The Hall–Kier alpha value is -6.64. The molecule has 0 saturated carbocycles. The second kappa shape index (κ2) is 11.5. The monoisotopic (exact) mass is 637 g/mol. The third kappa shape index (κ3) is 4.73. The molecule has 0 atom stereocenters. The van der Waals surface area contributed by atoms with Gasteiger partial charge in [0, 0.05) is 27.8 Å². The maximum atomic E-state index is 6.38. The first-order chi connectivity index (χ1) is 24.8. The fraction of sp³-hybridized carbons (Fsp3) is 0. The number of benzene rings is 9. The van der Waals surface area contributed by atoms with Crippen LogP contribution in [0.1, 0.15) is 0 Å². The Morgan fingerprint density at radius 3 is 1.58 bits per heavy atom. The zero-order valence-electron chi connectivity index (χ0n) is 27.3. The topological polar surface area (TPSA) is 16.4 Å². The third-order valence-electron chi connectivity index (χ3n) is 10.0. The molecule has 0 fully saturated rings. The SMILES string of the molecule is c1ccc(N(c2ccc(-c3ccc4c(c3)oc3cc5ccccc5cc34)cc2)c2ccc(-c3cc4ccccc4c4ccccc34)cc2)cc1. The van der Waals surface area contributed by atoms with Gasteiger partial charge in [-0.05, 0) is 121 Å². The van der Waals surface area contributed by atoms with Crippen LogP contribution in [0.25, 0.3) is 76.5 Å². The summed E-state index contributed by atoms with van der Waals surface area (Å²) in [7, 11) is 0. The Kier molecular flexibility index (Phi) is 6.53. The fourth-order valence-corrected chi connectivity index (χ4v) is 7.55. The lowest BCUT2D eigenvalue weighted by molar-refractivity contribution is 0.669. The van der Waals surface area contributed by atoms with Gasteiger partial charge in [-0.2, -0.15) is 0 Å². The highest BCUT2D eigenvalue weighted by Crippen LogP contribution is 2.40. The van der Waals surface area contributed by atoms with E-state index in [4.69, 9.17) is 4.42 Å². The second-order valence-electron chi connectivity index (χ2n) is 13.0. The minimum Gasteiger partial charge on any atom is -0.456 e. The van der Waals surface area contributed by atoms with Gasteiger partial charge in [-0.15, -0.1) is 0 Å². The predicted octanol–water partition coefficient (Wildman–Crippen LogP) is 13.8. The molecule has 1 heterocycles. The van der Waals surface area contributed by atoms with E-state index in [1.165, 1.54) is 43.4 Å². The Morgan fingerprint density at radius 1 is 0.300 bits per heavy atom. The number of hydrogen-bond acceptors (Lipinski definition) is 2. The molecule has 0 saturated heterocycles. The Labute approximate surface area is 290 Å². The van der Waals surface area contributed by atoms with Gasteiger partial charge in [-0.25, -0.2) is 0 Å². The maximum absolute atomic E-state index is 6.38. The van der Waals surface area contributed by atoms with Crippen LogP contribution >= 0.6 is 0 Å². The largest absolute Gasteiger partial charge is 0.456 e. The van der Waals surface area contributed by atoms with Crippen LogP contribution in [0.2, 0.25) is 0 Å². The summed E-state index contributed by atoms with van der Waals surface area (Å²) in [4.78, 5) is 2.32. The number of fused-ring (bicyclic) bond motifs is 7. The molecule has 0 radical (unpaired) electrons. The summed E-state index contributed by atoms with van der Waals surface area (Å²) in [6.45, 7) is 0. The summed E-state index contributed by atoms with van der Waals surface area (Å²) in [5.41, 5.74) is 9.86. The van der Waals surface area contributed by atoms with Crippen molar-refractivity contribution in [3.8, 4) is 22.3 Å². The van der Waals surface area contributed by atoms with Crippen molar-refractivity contribution in [2.45, 2.75) is 0 Å². The summed E-state index contributed by atoms with van der Waals surface area (Å²) in [5, 5.41) is 9.79. The lowest BCUT2D eigenvalue weighted by Crippen LogP contribution is -2.09. The summed E-state index contributed by atoms with van der Waals surface area (Å²) >= 11 is 0. The normalized spacial score (nSPS) is 11.6. The van der Waals surface area contributed by atoms with E-state index in [2.05, 4.69) is 193 Å². The zero-order valence-corrected chi connectivity index (χ0v) is 27.3. The van der Waals surface area contributed by atoms with E-state index >= 15 is 0 Å². The molecule has 0 aliphatic heterocycles. The first kappa shape index (κ1) is 28.4. The molecule has 0 amide bonds. The molecule has 2 nitrogen and oxygen atoms in total. The van der Waals surface area contributed by atoms with Crippen LogP contribution in [0.3, 0.4) is 0 Å². The molecule has 0 aliphatic carbocycles. The number of anilines is 3. The Balaban J connectivity index is 1.01. The molecular formula is C48H31NO. The van der Waals surface area contributed by atoms with Crippen molar-refractivity contribution in [3.63, 3.8) is 0 Å². The van der Waals surface area contributed by atoms with Crippen molar-refractivity contribution in [3.05, 3.63) is 188 Å². The van der Waals surface area contributed by atoms with Gasteiger partial charge < -0.3 is 9.32 Å². The third-order valence-corrected chi connectivity index (χ3v) is 10.0. The van der Waals surface area contributed by atoms with Crippen molar-refractivity contribution in [2.24, 2.45) is 0 Å². The summed E-state index contributed by atoms with van der Waals surface area (Å²) in [6, 6.07) is 67.5. The molecule has 10 rings (SSSR count). The van der Waals surface area contributed by atoms with E-state index in [-0.39, 0.29) is 0 Å². The number of nitrogens with zero attached hydrogens (tertiary/aromatic N) is 1. The Bertz CT molecular complexity index is 2850. The van der Waals surface area contributed by atoms with Crippen LogP contribution < -0.4 is 4.90 Å². The van der Waals surface area contributed by atoms with E-state index in [1.807, 2.05) is 0 Å². The van der Waals surface area contributed by atoms with Gasteiger partial charge in [0.25, 0.3) is 0 Å². The summed E-state index contributed by atoms with van der Waals surface area (Å²) in [5.74, 6) is 0. The molecule has 0 N–H and O–H groups in total. The molecule has 2 heteroatoms. The molecule has 50 heavy (non-hydrogen) atoms. The van der Waals surface area contributed by atoms with Gasteiger partial charge in [0.15, 0.2) is 0 Å². The molecule has 0 bridgehead atoms. The standard InChI is InChI=1S/C48H31NO/c1-2-13-38(14-3-1)49(40-25-20-33(21-26-40)45-29-37-12-6-7-15-41(37)42-16-8-9-17-43(42)45)39-23-18-32(19-24-39)36-22-27-44-46-28-34-10-4-5-11-35(34)30-48(46)50-47(44)31-36/h1-31H. The quantitative estimate of drug-likeness (QED) is 0.175. The van der Waals surface area contributed by atoms with Crippen molar-refractivity contribution < 1.29 is 4.42 Å². The van der Waals surface area contributed by atoms with Crippen molar-refractivity contribution >= 4 is 71.3 Å². The molecule has 1 aromatic heterocycles. The lowest BCUT2D eigenvalue weighted by Gasteiger charge is -2.26. The summed E-state index contributed by atoms with van der Waals surface area (Å²) in [6.07, 6.45) is 0. The maximum Gasteiger partial charge on any atom is 0.136 e. The van der Waals surface area contributed by atoms with Crippen LogP contribution in [0.4, 0.5) is 17.1 Å². The van der Waals surface area contributed by atoms with E-state index in [0.29, 0.717) is 0 Å². The van der Waals surface area contributed by atoms with Crippen molar-refractivity contribution in [1.82, 2.24) is 0 Å². The minimum atomic E-state index is 0.905. The van der Waals surface area contributed by atoms with Gasteiger partial charge in [-0.1, -0.05) is 121 Å². The molecule has 0 spiro atoms. The average molecular weight is 638 g/mol. The van der Waals surface area contributed by atoms with Crippen molar-refractivity contribution in [2.75, 3.05) is 4.90 Å². The van der Waals surface area contributed by atoms with Gasteiger partial charge >= 0.3 is 0 Å². The van der Waals surface area contributed by atoms with E-state index in [9.17, 15) is 0 Å². The van der Waals surface area contributed by atoms with E-state index < -0.39 is 0 Å². The lowest BCUT2D eigenvalue weighted by atomic mass is 9.93. The molecule has 0 aliphatic rings. The number of hydrogen-bond donors (Lipinski definition) is 0. The molecule has 0 unspecified atom stereocenters. The van der Waals surface area contributed by atoms with Crippen LogP contribution in [0.15, 0.2) is 192 Å². The average Bonchev–Trinajstić information content (AvgIpc) is 3.54. The smallest absolute Gasteiger partial charge is 0.136 e. The van der Waals surface area contributed by atoms with Crippen LogP contribution in [0, 0.1) is 0 Å². The Morgan fingerprint density at radius 2 is 0.840 bits per heavy atom. The predicted molar refractivity (Wildman–Crippen MR) is 212 cm³/mol. The highest BCUT2D eigenvalue weighted by molar-refractivity contribution is 6.14. The highest BCUT2D eigenvalue weighted by atomic mass is 16.3. The number of rotatable bonds is 5. The van der Waals surface area contributed by atoms with Crippen LogP contribution in [0.5, 0.6) is 0 Å². The first-order valence-corrected chi connectivity index (χ1v) is 17.1. The van der Waals surface area contributed by atoms with E-state index in [1.54, 1.807) is 0 Å². The molecular weight excluding hydrogens is 607 g/mol. The minimum absolute atomic E-state index is 0.905. The van der Waals surface area contributed by atoms with Gasteiger partial charge in [-0.3, -0.25) is 0 Å². The first-order valence-electron chi connectivity index (χ1n) is 17.1. The highest BCUT2D eigenvalue weighted by Gasteiger charge is 2.15. The molecule has 10 aromatic rings. The van der Waals surface area contributed by atoms with E-state index in [0.717, 1.165) is 50.1 Å². The molecule has 9 aromatic carbocycles. The number of para-hydroxylation sites is 1. The summed E-state index contributed by atoms with van der Waals surface area (Å²) < 4.78 is 6.38. The van der Waals surface area contributed by atoms with Gasteiger partial charge in [0.1, 0.15) is 11.2 Å².